The maximum atomic E-state index is 10.9. The van der Waals surface area contributed by atoms with E-state index in [1.807, 2.05) is 0 Å². The third-order valence-corrected chi connectivity index (χ3v) is 4.48. The SMILES string of the molecule is Cl.N=C(N)C1CC2=C(CC(C(=O)O)CC2)S1. The highest BCUT2D eigenvalue weighted by Gasteiger charge is 2.33. The monoisotopic (exact) mass is 262 g/mol. The fourth-order valence-corrected chi connectivity index (χ4v) is 3.53. The van der Waals surface area contributed by atoms with Crippen molar-refractivity contribution in [3.63, 3.8) is 0 Å². The Balaban J connectivity index is 0.00000128. The molecule has 16 heavy (non-hydrogen) atoms. The average Bonchev–Trinajstić information content (AvgIpc) is 2.59. The maximum absolute atomic E-state index is 10.9. The Morgan fingerprint density at radius 3 is 2.75 bits per heavy atom. The lowest BCUT2D eigenvalue weighted by Crippen LogP contribution is -2.22. The van der Waals surface area contributed by atoms with Gasteiger partial charge < -0.3 is 10.8 Å². The minimum Gasteiger partial charge on any atom is -0.481 e. The van der Waals surface area contributed by atoms with Gasteiger partial charge in [-0.05, 0) is 30.6 Å². The number of thioether (sulfide) groups is 1. The highest BCUT2D eigenvalue weighted by atomic mass is 35.5. The molecule has 0 aromatic carbocycles. The Kier molecular flexibility index (Phi) is 4.27. The van der Waals surface area contributed by atoms with E-state index in [1.54, 1.807) is 11.8 Å². The van der Waals surface area contributed by atoms with Crippen molar-refractivity contribution in [3.05, 3.63) is 10.5 Å². The molecule has 0 spiro atoms. The van der Waals surface area contributed by atoms with E-state index < -0.39 is 5.97 Å². The number of hydrogen-bond acceptors (Lipinski definition) is 3. The fraction of sp³-hybridized carbons (Fsp3) is 0.600. The topological polar surface area (TPSA) is 87.2 Å². The van der Waals surface area contributed by atoms with Crippen LogP contribution in [0, 0.1) is 11.3 Å². The van der Waals surface area contributed by atoms with E-state index in [1.165, 1.54) is 10.5 Å². The molecule has 0 radical (unpaired) electrons. The van der Waals surface area contributed by atoms with E-state index in [2.05, 4.69) is 0 Å². The van der Waals surface area contributed by atoms with Crippen LogP contribution in [0.25, 0.3) is 0 Å². The molecule has 0 aromatic rings. The van der Waals surface area contributed by atoms with Crippen molar-refractivity contribution in [3.8, 4) is 0 Å². The third-order valence-electron chi connectivity index (χ3n) is 3.03. The van der Waals surface area contributed by atoms with E-state index in [9.17, 15) is 4.79 Å². The van der Waals surface area contributed by atoms with Gasteiger partial charge in [-0.25, -0.2) is 0 Å². The summed E-state index contributed by atoms with van der Waals surface area (Å²) in [5, 5.41) is 16.4. The molecule has 90 valence electrons. The lowest BCUT2D eigenvalue weighted by Gasteiger charge is -2.19. The number of amidine groups is 1. The summed E-state index contributed by atoms with van der Waals surface area (Å²) < 4.78 is 0. The summed E-state index contributed by atoms with van der Waals surface area (Å²) in [5.41, 5.74) is 6.80. The van der Waals surface area contributed by atoms with Crippen LogP contribution >= 0.6 is 24.2 Å². The van der Waals surface area contributed by atoms with E-state index in [-0.39, 0.29) is 29.4 Å². The average molecular weight is 263 g/mol. The smallest absolute Gasteiger partial charge is 0.306 e. The largest absolute Gasteiger partial charge is 0.481 e. The number of carboxylic acids is 1. The number of carboxylic acid groups (broad SMARTS) is 1. The first-order valence-electron chi connectivity index (χ1n) is 5.02. The number of carbonyl (C=O) groups is 1. The second-order valence-electron chi connectivity index (χ2n) is 4.07. The first kappa shape index (κ1) is 13.4. The molecule has 2 atom stereocenters. The number of nitrogens with one attached hydrogen (secondary N) is 1. The minimum atomic E-state index is -0.701. The molecule has 1 aliphatic heterocycles. The van der Waals surface area contributed by atoms with Crippen molar-refractivity contribution in [2.75, 3.05) is 0 Å². The Morgan fingerprint density at radius 1 is 1.50 bits per heavy atom. The summed E-state index contributed by atoms with van der Waals surface area (Å²) in [7, 11) is 0. The first-order chi connectivity index (χ1) is 7.08. The fourth-order valence-electron chi connectivity index (χ4n) is 2.13. The number of allylic oxidation sites excluding steroid dienone is 2. The maximum Gasteiger partial charge on any atom is 0.306 e. The standard InChI is InChI=1S/C10H14N2O2S.ClH/c11-9(12)8-3-5-1-2-6(10(13)14)4-7(5)15-8;/h6,8H,1-4H2,(H3,11,12)(H,13,14);1H. The van der Waals surface area contributed by atoms with Crippen LogP contribution in [-0.4, -0.2) is 22.2 Å². The molecule has 0 aromatic heterocycles. The summed E-state index contributed by atoms with van der Waals surface area (Å²) in [5.74, 6) is -0.725. The highest BCUT2D eigenvalue weighted by molar-refractivity contribution is 8.04. The van der Waals surface area contributed by atoms with Crippen LogP contribution in [0.2, 0.25) is 0 Å². The molecule has 1 heterocycles. The van der Waals surface area contributed by atoms with Crippen molar-refractivity contribution in [2.24, 2.45) is 11.7 Å². The molecule has 0 amide bonds. The van der Waals surface area contributed by atoms with Gasteiger partial charge in [0.2, 0.25) is 0 Å². The number of nitrogens with two attached hydrogens (primary N) is 1. The molecule has 1 aliphatic carbocycles. The Labute approximate surface area is 105 Å². The zero-order chi connectivity index (χ0) is 11.0. The van der Waals surface area contributed by atoms with E-state index in [0.717, 1.165) is 19.3 Å². The number of halogens is 1. The summed E-state index contributed by atoms with van der Waals surface area (Å²) in [6.07, 6.45) is 3.09. The van der Waals surface area contributed by atoms with E-state index in [0.29, 0.717) is 6.42 Å². The van der Waals surface area contributed by atoms with Gasteiger partial charge in [0.05, 0.1) is 11.2 Å². The van der Waals surface area contributed by atoms with Gasteiger partial charge >= 0.3 is 5.97 Å². The molecule has 0 fully saturated rings. The van der Waals surface area contributed by atoms with Crippen LogP contribution in [0.5, 0.6) is 0 Å². The van der Waals surface area contributed by atoms with E-state index >= 15 is 0 Å². The molecule has 6 heteroatoms. The first-order valence-corrected chi connectivity index (χ1v) is 5.90. The molecule has 0 bridgehead atoms. The number of rotatable bonds is 2. The van der Waals surface area contributed by atoms with Crippen LogP contribution in [0.1, 0.15) is 25.7 Å². The molecule has 0 saturated heterocycles. The summed E-state index contributed by atoms with van der Waals surface area (Å²) in [4.78, 5) is 12.0. The van der Waals surface area contributed by atoms with Crippen molar-refractivity contribution in [1.29, 1.82) is 5.41 Å². The van der Waals surface area contributed by atoms with Crippen LogP contribution in [0.3, 0.4) is 0 Å². The summed E-state index contributed by atoms with van der Waals surface area (Å²) in [6, 6.07) is 0. The van der Waals surface area contributed by atoms with Gasteiger partial charge in [0.25, 0.3) is 0 Å². The Hall–Kier alpha value is -0.680. The van der Waals surface area contributed by atoms with Crippen molar-refractivity contribution < 1.29 is 9.90 Å². The predicted octanol–water partition coefficient (Wildman–Crippen LogP) is 1.99. The number of aliphatic carboxylic acids is 1. The van der Waals surface area contributed by atoms with Gasteiger partial charge in [0.15, 0.2) is 0 Å². The summed E-state index contributed by atoms with van der Waals surface area (Å²) in [6.45, 7) is 0. The minimum absolute atomic E-state index is 0. The van der Waals surface area contributed by atoms with Crippen LogP contribution in [-0.2, 0) is 4.79 Å². The Morgan fingerprint density at radius 2 is 2.19 bits per heavy atom. The zero-order valence-electron chi connectivity index (χ0n) is 8.73. The van der Waals surface area contributed by atoms with Gasteiger partial charge in [-0.2, -0.15) is 0 Å². The van der Waals surface area contributed by atoms with Gasteiger partial charge in [0, 0.05) is 0 Å². The molecule has 4 nitrogen and oxygen atoms in total. The second-order valence-corrected chi connectivity index (χ2v) is 5.37. The molecular weight excluding hydrogens is 248 g/mol. The van der Waals surface area contributed by atoms with Gasteiger partial charge in [-0.1, -0.05) is 5.57 Å². The molecule has 0 saturated carbocycles. The van der Waals surface area contributed by atoms with Crippen LogP contribution < -0.4 is 5.73 Å². The van der Waals surface area contributed by atoms with Crippen molar-refractivity contribution in [2.45, 2.75) is 30.9 Å². The molecule has 2 unspecified atom stereocenters. The lowest BCUT2D eigenvalue weighted by atomic mass is 9.88. The zero-order valence-corrected chi connectivity index (χ0v) is 10.4. The highest BCUT2D eigenvalue weighted by Crippen LogP contribution is 2.46. The summed E-state index contributed by atoms with van der Waals surface area (Å²) >= 11 is 1.59. The van der Waals surface area contributed by atoms with Crippen LogP contribution in [0.4, 0.5) is 0 Å². The quantitative estimate of drug-likeness (QED) is 0.525. The van der Waals surface area contributed by atoms with Gasteiger partial charge in [0.1, 0.15) is 5.84 Å². The van der Waals surface area contributed by atoms with Crippen molar-refractivity contribution >= 4 is 36.0 Å². The number of hydrogen-bond donors (Lipinski definition) is 3. The third kappa shape index (κ3) is 2.52. The lowest BCUT2D eigenvalue weighted by molar-refractivity contribution is -0.142. The van der Waals surface area contributed by atoms with Gasteiger partial charge in [-0.15, -0.1) is 24.2 Å². The van der Waals surface area contributed by atoms with E-state index in [4.69, 9.17) is 16.2 Å². The predicted molar refractivity (Wildman–Crippen MR) is 67.2 cm³/mol. The Bertz CT molecular complexity index is 357. The molecular formula is C10H15ClN2O2S. The normalized spacial score (nSPS) is 28.2. The van der Waals surface area contributed by atoms with Crippen molar-refractivity contribution in [1.82, 2.24) is 0 Å². The molecule has 4 N–H and O–H groups in total. The molecule has 2 rings (SSSR count). The van der Waals surface area contributed by atoms with Crippen LogP contribution in [0.15, 0.2) is 10.5 Å². The molecule has 2 aliphatic rings. The second kappa shape index (κ2) is 5.10. The van der Waals surface area contributed by atoms with Gasteiger partial charge in [-0.3, -0.25) is 10.2 Å².